The maximum absolute atomic E-state index is 12.7. The summed E-state index contributed by atoms with van der Waals surface area (Å²) in [5, 5.41) is 0.279. The lowest BCUT2D eigenvalue weighted by molar-refractivity contribution is 0.0761. The number of carbonyl (C=O) groups excluding carboxylic acids is 1. The Morgan fingerprint density at radius 2 is 1.96 bits per heavy atom. The van der Waals surface area contributed by atoms with Gasteiger partial charge in [0.05, 0.1) is 29.6 Å². The maximum atomic E-state index is 12.7. The van der Waals surface area contributed by atoms with Gasteiger partial charge < -0.3 is 15.4 Å². The van der Waals surface area contributed by atoms with Gasteiger partial charge in [-0.2, -0.15) is 0 Å². The highest BCUT2D eigenvalue weighted by molar-refractivity contribution is 7.88. The molecule has 1 fully saturated rings. The number of ether oxygens (including phenoxy) is 1. The van der Waals surface area contributed by atoms with Gasteiger partial charge in [-0.15, -0.1) is 0 Å². The number of methoxy groups -OCH3 is 1. The van der Waals surface area contributed by atoms with Crippen LogP contribution in [0.25, 0.3) is 0 Å². The fraction of sp³-hybridized carbons (Fsp3) is 0.500. The van der Waals surface area contributed by atoms with Gasteiger partial charge in [0.2, 0.25) is 10.0 Å². The van der Waals surface area contributed by atoms with Crippen LogP contribution in [-0.4, -0.2) is 63.1 Å². The summed E-state index contributed by atoms with van der Waals surface area (Å²) < 4.78 is 29.9. The number of nitrogen functional groups attached to an aromatic ring is 1. The SMILES string of the molecule is COc1cc(N)c(Cl)cc1C(=O)N1CCCN(S(C)(=O)=O)CC1. The smallest absolute Gasteiger partial charge is 0.257 e. The monoisotopic (exact) mass is 361 g/mol. The molecule has 0 atom stereocenters. The average molecular weight is 362 g/mol. The predicted molar refractivity (Wildman–Crippen MR) is 89.4 cm³/mol. The van der Waals surface area contributed by atoms with Crippen LogP contribution in [0.4, 0.5) is 5.69 Å². The first-order valence-electron chi connectivity index (χ1n) is 7.11. The maximum Gasteiger partial charge on any atom is 0.257 e. The van der Waals surface area contributed by atoms with Crippen LogP contribution in [0, 0.1) is 0 Å². The molecule has 1 saturated heterocycles. The zero-order chi connectivity index (χ0) is 17.2. The highest BCUT2D eigenvalue weighted by Gasteiger charge is 2.26. The number of sulfonamides is 1. The van der Waals surface area contributed by atoms with Gasteiger partial charge in [-0.3, -0.25) is 4.79 Å². The zero-order valence-electron chi connectivity index (χ0n) is 13.1. The molecule has 23 heavy (non-hydrogen) atoms. The summed E-state index contributed by atoms with van der Waals surface area (Å²) in [6.07, 6.45) is 1.75. The van der Waals surface area contributed by atoms with Crippen molar-refractivity contribution in [1.29, 1.82) is 0 Å². The van der Waals surface area contributed by atoms with E-state index in [0.717, 1.165) is 0 Å². The highest BCUT2D eigenvalue weighted by atomic mass is 35.5. The second kappa shape index (κ2) is 6.94. The zero-order valence-corrected chi connectivity index (χ0v) is 14.7. The Balaban J connectivity index is 2.23. The largest absolute Gasteiger partial charge is 0.496 e. The summed E-state index contributed by atoms with van der Waals surface area (Å²) in [4.78, 5) is 14.3. The predicted octanol–water partition coefficient (Wildman–Crippen LogP) is 1.04. The molecule has 2 N–H and O–H groups in total. The third-order valence-corrected chi connectivity index (χ3v) is 5.39. The van der Waals surface area contributed by atoms with E-state index in [1.54, 1.807) is 4.90 Å². The molecule has 1 heterocycles. The molecule has 7 nitrogen and oxygen atoms in total. The van der Waals surface area contributed by atoms with E-state index in [2.05, 4.69) is 0 Å². The van der Waals surface area contributed by atoms with E-state index in [1.165, 1.54) is 29.8 Å². The number of anilines is 1. The second-order valence-corrected chi connectivity index (χ2v) is 7.77. The molecule has 1 aliphatic heterocycles. The normalized spacial score (nSPS) is 16.9. The first kappa shape index (κ1) is 17.8. The van der Waals surface area contributed by atoms with E-state index < -0.39 is 10.0 Å². The number of carbonyl (C=O) groups is 1. The third-order valence-electron chi connectivity index (χ3n) is 3.76. The van der Waals surface area contributed by atoms with Gasteiger partial charge in [-0.25, -0.2) is 12.7 Å². The minimum absolute atomic E-state index is 0.251. The number of rotatable bonds is 3. The van der Waals surface area contributed by atoms with Gasteiger partial charge in [0.15, 0.2) is 0 Å². The molecule has 0 aromatic heterocycles. The molecule has 0 saturated carbocycles. The van der Waals surface area contributed by atoms with Crippen LogP contribution >= 0.6 is 11.6 Å². The quantitative estimate of drug-likeness (QED) is 0.812. The van der Waals surface area contributed by atoms with Gasteiger partial charge in [0.25, 0.3) is 5.91 Å². The summed E-state index contributed by atoms with van der Waals surface area (Å²) in [6.45, 7) is 1.46. The van der Waals surface area contributed by atoms with Crippen LogP contribution in [0.1, 0.15) is 16.8 Å². The molecule has 1 amide bonds. The molecule has 1 aliphatic rings. The van der Waals surface area contributed by atoms with Crippen LogP contribution in [0.5, 0.6) is 5.75 Å². The molecular formula is C14H20ClN3O4S. The van der Waals surface area contributed by atoms with Crippen LogP contribution in [-0.2, 0) is 10.0 Å². The van der Waals surface area contributed by atoms with Crippen molar-refractivity contribution in [3.05, 3.63) is 22.7 Å². The van der Waals surface area contributed by atoms with Crippen molar-refractivity contribution in [3.8, 4) is 5.75 Å². The summed E-state index contributed by atoms with van der Waals surface area (Å²) in [6, 6.07) is 2.99. The van der Waals surface area contributed by atoms with Crippen molar-refractivity contribution in [2.24, 2.45) is 0 Å². The van der Waals surface area contributed by atoms with Gasteiger partial charge in [0.1, 0.15) is 5.75 Å². The van der Waals surface area contributed by atoms with E-state index in [4.69, 9.17) is 22.1 Å². The van der Waals surface area contributed by atoms with Crippen molar-refractivity contribution in [1.82, 2.24) is 9.21 Å². The molecule has 0 unspecified atom stereocenters. The molecule has 0 bridgehead atoms. The minimum Gasteiger partial charge on any atom is -0.496 e. The second-order valence-electron chi connectivity index (χ2n) is 5.38. The first-order chi connectivity index (χ1) is 10.7. The van der Waals surface area contributed by atoms with E-state index >= 15 is 0 Å². The Morgan fingerprint density at radius 1 is 1.26 bits per heavy atom. The number of nitrogens with zero attached hydrogens (tertiary/aromatic N) is 2. The minimum atomic E-state index is -3.26. The van der Waals surface area contributed by atoms with Gasteiger partial charge in [-0.1, -0.05) is 11.6 Å². The molecule has 2 rings (SSSR count). The molecular weight excluding hydrogens is 342 g/mol. The average Bonchev–Trinajstić information content (AvgIpc) is 2.74. The fourth-order valence-corrected chi connectivity index (χ4v) is 3.54. The van der Waals surface area contributed by atoms with Gasteiger partial charge >= 0.3 is 0 Å². The number of benzene rings is 1. The number of amides is 1. The molecule has 0 radical (unpaired) electrons. The Hall–Kier alpha value is -1.51. The fourth-order valence-electron chi connectivity index (χ4n) is 2.50. The molecule has 9 heteroatoms. The van der Waals surface area contributed by atoms with Crippen molar-refractivity contribution >= 4 is 33.2 Å². The number of nitrogens with two attached hydrogens (primary N) is 1. The topological polar surface area (TPSA) is 92.9 Å². The molecule has 128 valence electrons. The van der Waals surface area contributed by atoms with E-state index in [-0.39, 0.29) is 17.5 Å². The van der Waals surface area contributed by atoms with Gasteiger partial charge in [-0.05, 0) is 12.5 Å². The third kappa shape index (κ3) is 4.07. The lowest BCUT2D eigenvalue weighted by Gasteiger charge is -2.22. The standard InChI is InChI=1S/C14H20ClN3O4S/c1-22-13-9-12(16)11(15)8-10(13)14(19)17-4-3-5-18(7-6-17)23(2,20)21/h8-9H,3-7,16H2,1-2H3. The molecule has 1 aromatic rings. The van der Waals surface area contributed by atoms with Crippen molar-refractivity contribution in [3.63, 3.8) is 0 Å². The van der Waals surface area contributed by atoms with E-state index in [1.807, 2.05) is 0 Å². The Morgan fingerprint density at radius 3 is 2.57 bits per heavy atom. The van der Waals surface area contributed by atoms with Crippen LogP contribution < -0.4 is 10.5 Å². The lowest BCUT2D eigenvalue weighted by atomic mass is 10.1. The van der Waals surface area contributed by atoms with Crippen LogP contribution in [0.15, 0.2) is 12.1 Å². The summed E-state index contributed by atoms with van der Waals surface area (Å²) in [5.41, 5.74) is 6.38. The van der Waals surface area contributed by atoms with Crippen LogP contribution in [0.3, 0.4) is 0 Å². The van der Waals surface area contributed by atoms with Crippen molar-refractivity contribution in [2.45, 2.75) is 6.42 Å². The first-order valence-corrected chi connectivity index (χ1v) is 9.34. The van der Waals surface area contributed by atoms with E-state index in [9.17, 15) is 13.2 Å². The summed E-state index contributed by atoms with van der Waals surface area (Å²) in [5.74, 6) is 0.0974. The van der Waals surface area contributed by atoms with Crippen molar-refractivity contribution in [2.75, 3.05) is 45.3 Å². The number of halogens is 1. The van der Waals surface area contributed by atoms with Crippen LogP contribution in [0.2, 0.25) is 5.02 Å². The van der Waals surface area contributed by atoms with E-state index in [0.29, 0.717) is 43.1 Å². The number of hydrogen-bond acceptors (Lipinski definition) is 5. The molecule has 0 aliphatic carbocycles. The number of hydrogen-bond donors (Lipinski definition) is 1. The molecule has 0 spiro atoms. The summed E-state index contributed by atoms with van der Waals surface area (Å²) >= 11 is 6.00. The Labute approximate surface area is 141 Å². The lowest BCUT2D eigenvalue weighted by Crippen LogP contribution is -2.37. The molecule has 1 aromatic carbocycles. The Kier molecular flexibility index (Phi) is 5.38. The van der Waals surface area contributed by atoms with Crippen molar-refractivity contribution < 1.29 is 17.9 Å². The van der Waals surface area contributed by atoms with Gasteiger partial charge in [0, 0.05) is 32.2 Å². The Bertz CT molecular complexity index is 708. The summed E-state index contributed by atoms with van der Waals surface area (Å²) in [7, 11) is -1.80. The highest BCUT2D eigenvalue weighted by Crippen LogP contribution is 2.30.